The van der Waals surface area contributed by atoms with Crippen molar-refractivity contribution < 1.29 is 0 Å². The molecule has 0 aliphatic heterocycles. The van der Waals surface area contributed by atoms with Crippen molar-refractivity contribution in [2.24, 2.45) is 0 Å². The molecular weight excluding hydrogens is 629 g/mol. The van der Waals surface area contributed by atoms with Gasteiger partial charge in [0, 0.05) is 32.6 Å². The molecule has 2 heteroatoms. The van der Waals surface area contributed by atoms with Crippen LogP contribution in [0.4, 0.5) is 0 Å². The van der Waals surface area contributed by atoms with Gasteiger partial charge in [-0.2, -0.15) is 0 Å². The number of hydrogen-bond acceptors (Lipinski definition) is 0. The van der Waals surface area contributed by atoms with Crippen LogP contribution in [0.1, 0.15) is 0 Å². The molecule has 0 atom stereocenters. The summed E-state index contributed by atoms with van der Waals surface area (Å²) in [7, 11) is 0. The summed E-state index contributed by atoms with van der Waals surface area (Å²) in [5.74, 6) is 0. The molecule has 11 rings (SSSR count). The van der Waals surface area contributed by atoms with Crippen LogP contribution in [0.5, 0.6) is 0 Å². The van der Waals surface area contributed by atoms with Gasteiger partial charge in [0.2, 0.25) is 0 Å². The van der Waals surface area contributed by atoms with E-state index in [1.165, 1.54) is 98.8 Å². The Bertz CT molecular complexity index is 3170. The quantitative estimate of drug-likeness (QED) is 0.178. The van der Waals surface area contributed by atoms with Gasteiger partial charge in [0.05, 0.1) is 27.8 Å². The first-order valence-corrected chi connectivity index (χ1v) is 17.9. The summed E-state index contributed by atoms with van der Waals surface area (Å²) in [4.78, 5) is 0. The predicted octanol–water partition coefficient (Wildman–Crippen LogP) is 13.5. The number of aromatic nitrogens is 2. The van der Waals surface area contributed by atoms with Gasteiger partial charge in [0.1, 0.15) is 0 Å². The summed E-state index contributed by atoms with van der Waals surface area (Å²) in [5.41, 5.74) is 12.1. The lowest BCUT2D eigenvalue weighted by Gasteiger charge is -2.12. The van der Waals surface area contributed by atoms with Crippen molar-refractivity contribution in [3.8, 4) is 33.6 Å². The largest absolute Gasteiger partial charge is 0.309 e. The Balaban J connectivity index is 1.07. The molecule has 52 heavy (non-hydrogen) atoms. The second kappa shape index (κ2) is 11.3. The standard InChI is InChI=1S/C50H32N2/c1-2-11-33(12-3-1)36-22-21-34-23-26-40(30-39(34)29-36)51-47-18-8-6-16-42(47)44-31-37(24-27-49(44)51)38-25-28-50-45(32-38)43-17-7-9-19-48(43)52(50)46-20-10-14-35-13-4-5-15-41(35)46/h1-32H. The molecule has 0 fully saturated rings. The molecule has 0 unspecified atom stereocenters. The van der Waals surface area contributed by atoms with Gasteiger partial charge < -0.3 is 9.13 Å². The fourth-order valence-electron chi connectivity index (χ4n) is 8.43. The fourth-order valence-corrected chi connectivity index (χ4v) is 8.43. The van der Waals surface area contributed by atoms with Crippen LogP contribution in [0, 0.1) is 0 Å². The summed E-state index contributed by atoms with van der Waals surface area (Å²) in [6.07, 6.45) is 0. The highest BCUT2D eigenvalue weighted by atomic mass is 15.0. The molecule has 0 saturated heterocycles. The Morgan fingerprint density at radius 1 is 0.250 bits per heavy atom. The average Bonchev–Trinajstić information content (AvgIpc) is 3.72. The number of nitrogens with zero attached hydrogens (tertiary/aromatic N) is 2. The van der Waals surface area contributed by atoms with E-state index >= 15 is 0 Å². The summed E-state index contributed by atoms with van der Waals surface area (Å²) in [6, 6.07) is 71.0. The third-order valence-electron chi connectivity index (χ3n) is 10.9. The first kappa shape index (κ1) is 28.9. The van der Waals surface area contributed by atoms with E-state index in [4.69, 9.17) is 0 Å². The van der Waals surface area contributed by atoms with E-state index in [-0.39, 0.29) is 0 Å². The van der Waals surface area contributed by atoms with E-state index < -0.39 is 0 Å². The normalized spacial score (nSPS) is 11.8. The molecule has 0 saturated carbocycles. The molecule has 0 N–H and O–H groups in total. The van der Waals surface area contributed by atoms with Gasteiger partial charge in [-0.05, 0) is 99.1 Å². The zero-order valence-electron chi connectivity index (χ0n) is 28.4. The molecule has 0 spiro atoms. The lowest BCUT2D eigenvalue weighted by Crippen LogP contribution is -1.95. The van der Waals surface area contributed by atoms with Gasteiger partial charge in [-0.3, -0.25) is 0 Å². The van der Waals surface area contributed by atoms with Crippen LogP contribution in [-0.2, 0) is 0 Å². The molecule has 0 aliphatic carbocycles. The van der Waals surface area contributed by atoms with Gasteiger partial charge in [0.25, 0.3) is 0 Å². The lowest BCUT2D eigenvalue weighted by atomic mass is 10.0. The Hall–Kier alpha value is -6.90. The highest BCUT2D eigenvalue weighted by molar-refractivity contribution is 6.13. The number of fused-ring (bicyclic) bond motifs is 8. The van der Waals surface area contributed by atoms with Crippen molar-refractivity contribution in [1.29, 1.82) is 0 Å². The van der Waals surface area contributed by atoms with Crippen LogP contribution in [0.25, 0.3) is 98.8 Å². The van der Waals surface area contributed by atoms with E-state index in [1.807, 2.05) is 0 Å². The zero-order chi connectivity index (χ0) is 34.2. The van der Waals surface area contributed by atoms with Crippen LogP contribution < -0.4 is 0 Å². The van der Waals surface area contributed by atoms with Crippen molar-refractivity contribution in [2.45, 2.75) is 0 Å². The molecule has 9 aromatic carbocycles. The highest BCUT2D eigenvalue weighted by Gasteiger charge is 2.17. The Kier molecular flexibility index (Phi) is 6.28. The topological polar surface area (TPSA) is 9.86 Å². The van der Waals surface area contributed by atoms with Gasteiger partial charge in [-0.1, -0.05) is 133 Å². The van der Waals surface area contributed by atoms with Crippen LogP contribution in [-0.4, -0.2) is 9.13 Å². The van der Waals surface area contributed by atoms with Crippen LogP contribution >= 0.6 is 0 Å². The van der Waals surface area contributed by atoms with Crippen molar-refractivity contribution in [1.82, 2.24) is 9.13 Å². The second-order valence-electron chi connectivity index (χ2n) is 13.8. The maximum atomic E-state index is 2.43. The molecule has 0 amide bonds. The molecular formula is C50H32N2. The number of rotatable bonds is 4. The molecule has 2 heterocycles. The molecule has 11 aromatic rings. The van der Waals surface area contributed by atoms with E-state index in [9.17, 15) is 0 Å². The zero-order valence-corrected chi connectivity index (χ0v) is 28.4. The Labute approximate surface area is 301 Å². The monoisotopic (exact) mass is 660 g/mol. The van der Waals surface area contributed by atoms with Crippen molar-refractivity contribution in [3.05, 3.63) is 194 Å². The number of benzene rings is 9. The molecule has 0 radical (unpaired) electrons. The lowest BCUT2D eigenvalue weighted by molar-refractivity contribution is 1.19. The van der Waals surface area contributed by atoms with E-state index in [0.717, 1.165) is 0 Å². The smallest absolute Gasteiger partial charge is 0.0541 e. The first-order valence-electron chi connectivity index (χ1n) is 17.9. The number of para-hydroxylation sites is 2. The fraction of sp³-hybridized carbons (Fsp3) is 0. The molecule has 242 valence electrons. The first-order chi connectivity index (χ1) is 25.8. The summed E-state index contributed by atoms with van der Waals surface area (Å²) in [6.45, 7) is 0. The van der Waals surface area contributed by atoms with Crippen LogP contribution in [0.15, 0.2) is 194 Å². The highest BCUT2D eigenvalue weighted by Crippen LogP contribution is 2.39. The minimum Gasteiger partial charge on any atom is -0.309 e. The van der Waals surface area contributed by atoms with Gasteiger partial charge in [-0.15, -0.1) is 0 Å². The average molecular weight is 661 g/mol. The molecule has 2 nitrogen and oxygen atoms in total. The summed E-state index contributed by atoms with van der Waals surface area (Å²) in [5, 5.41) is 10.0. The summed E-state index contributed by atoms with van der Waals surface area (Å²) >= 11 is 0. The molecule has 0 bridgehead atoms. The van der Waals surface area contributed by atoms with Gasteiger partial charge in [-0.25, -0.2) is 0 Å². The Morgan fingerprint density at radius 3 is 1.54 bits per heavy atom. The van der Waals surface area contributed by atoms with E-state index in [2.05, 4.69) is 203 Å². The predicted molar refractivity (Wildman–Crippen MR) is 221 cm³/mol. The summed E-state index contributed by atoms with van der Waals surface area (Å²) < 4.78 is 4.85. The molecule has 0 aliphatic rings. The van der Waals surface area contributed by atoms with Crippen molar-refractivity contribution in [2.75, 3.05) is 0 Å². The number of hydrogen-bond donors (Lipinski definition) is 0. The maximum absolute atomic E-state index is 2.43. The second-order valence-corrected chi connectivity index (χ2v) is 13.8. The van der Waals surface area contributed by atoms with Crippen molar-refractivity contribution >= 4 is 65.2 Å². The molecule has 2 aromatic heterocycles. The Morgan fingerprint density at radius 2 is 0.788 bits per heavy atom. The SMILES string of the molecule is c1ccc(-c2ccc3ccc(-n4c5ccccc5c5cc(-c6ccc7c(c6)c6ccccc6n7-c6cccc7ccccc67)ccc54)cc3c2)cc1. The third kappa shape index (κ3) is 4.38. The third-order valence-corrected chi connectivity index (χ3v) is 10.9. The van der Waals surface area contributed by atoms with E-state index in [0.29, 0.717) is 0 Å². The maximum Gasteiger partial charge on any atom is 0.0541 e. The van der Waals surface area contributed by atoms with E-state index in [1.54, 1.807) is 0 Å². The van der Waals surface area contributed by atoms with Gasteiger partial charge in [0.15, 0.2) is 0 Å². The van der Waals surface area contributed by atoms with Crippen molar-refractivity contribution in [3.63, 3.8) is 0 Å². The van der Waals surface area contributed by atoms with Gasteiger partial charge >= 0.3 is 0 Å². The minimum absolute atomic E-state index is 1.17. The van der Waals surface area contributed by atoms with Crippen LogP contribution in [0.2, 0.25) is 0 Å². The minimum atomic E-state index is 1.17. The van der Waals surface area contributed by atoms with Crippen LogP contribution in [0.3, 0.4) is 0 Å².